The van der Waals surface area contributed by atoms with Crippen LogP contribution in [0.1, 0.15) is 28.1 Å². The second-order valence-corrected chi connectivity index (χ2v) is 6.02. The van der Waals surface area contributed by atoms with Crippen LogP contribution >= 0.6 is 38.9 Å². The van der Waals surface area contributed by atoms with E-state index in [0.29, 0.717) is 4.34 Å². The number of aryl methyl sites for hydroxylation is 1. The second kappa shape index (κ2) is 5.06. The zero-order chi connectivity index (χ0) is 11.6. The van der Waals surface area contributed by atoms with Gasteiger partial charge in [-0.15, -0.1) is 11.3 Å². The second-order valence-electron chi connectivity index (χ2n) is 3.23. The Balaban J connectivity index is 2.58. The van der Waals surface area contributed by atoms with Crippen LogP contribution in [0.3, 0.4) is 0 Å². The van der Waals surface area contributed by atoms with Crippen molar-refractivity contribution in [2.45, 2.75) is 30.8 Å². The van der Waals surface area contributed by atoms with E-state index in [-0.39, 0.29) is 11.2 Å². The molecule has 1 unspecified atom stereocenters. The largest absolute Gasteiger partial charge is 0.389 e. The van der Waals surface area contributed by atoms with Crippen molar-refractivity contribution >= 4 is 38.9 Å². The fraction of sp³-hybridized carbons (Fsp3) is 0.556. The van der Waals surface area contributed by atoms with Crippen molar-refractivity contribution in [2.24, 2.45) is 0 Å². The minimum atomic E-state index is -4.10. The average Bonchev–Trinajstić information content (AvgIpc) is 2.42. The Morgan fingerprint density at radius 2 is 2.13 bits per heavy atom. The molecule has 0 bridgehead atoms. The minimum Gasteiger partial charge on any atom is -0.171 e. The van der Waals surface area contributed by atoms with Crippen LogP contribution in [-0.4, -0.2) is 6.18 Å². The van der Waals surface area contributed by atoms with Crippen molar-refractivity contribution in [3.63, 3.8) is 0 Å². The summed E-state index contributed by atoms with van der Waals surface area (Å²) in [5.41, 5.74) is 0.910. The van der Waals surface area contributed by atoms with Crippen LogP contribution in [-0.2, 0) is 0 Å². The molecule has 0 N–H and O–H groups in total. The maximum atomic E-state index is 12.0. The summed E-state index contributed by atoms with van der Waals surface area (Å²) in [4.78, 5) is 0.581. The van der Waals surface area contributed by atoms with Gasteiger partial charge >= 0.3 is 6.18 Å². The van der Waals surface area contributed by atoms with Crippen molar-refractivity contribution in [1.29, 1.82) is 0 Å². The standard InChI is InChI=1S/C9H9BrClF3S/c1-5-4-7(15-8(5)11)6(10)2-3-9(12,13)14/h4,6H,2-3H2,1H3. The van der Waals surface area contributed by atoms with Gasteiger partial charge in [0.05, 0.1) is 4.34 Å². The first-order chi connectivity index (χ1) is 6.79. The van der Waals surface area contributed by atoms with Gasteiger partial charge in [-0.25, -0.2) is 0 Å². The lowest BCUT2D eigenvalue weighted by molar-refractivity contribution is -0.135. The van der Waals surface area contributed by atoms with Gasteiger partial charge in [0.1, 0.15) is 0 Å². The van der Waals surface area contributed by atoms with Gasteiger partial charge in [0, 0.05) is 16.1 Å². The Bertz CT molecular complexity index is 315. The number of hydrogen-bond acceptors (Lipinski definition) is 1. The quantitative estimate of drug-likeness (QED) is 0.646. The average molecular weight is 322 g/mol. The van der Waals surface area contributed by atoms with Gasteiger partial charge in [-0.2, -0.15) is 13.2 Å². The molecule has 0 spiro atoms. The molecule has 1 rings (SSSR count). The topological polar surface area (TPSA) is 0 Å². The summed E-state index contributed by atoms with van der Waals surface area (Å²) < 4.78 is 36.6. The Labute approximate surface area is 104 Å². The molecule has 0 aliphatic rings. The van der Waals surface area contributed by atoms with Gasteiger partial charge in [-0.1, -0.05) is 27.5 Å². The van der Waals surface area contributed by atoms with E-state index >= 15 is 0 Å². The van der Waals surface area contributed by atoms with Crippen LogP contribution in [0.15, 0.2) is 6.07 Å². The normalized spacial score (nSPS) is 14.3. The molecule has 0 saturated heterocycles. The molecule has 0 aliphatic heterocycles. The molecule has 6 heteroatoms. The molecule has 1 atom stereocenters. The van der Waals surface area contributed by atoms with Crippen LogP contribution in [0.5, 0.6) is 0 Å². The summed E-state index contributed by atoms with van der Waals surface area (Å²) in [6, 6.07) is 1.82. The fourth-order valence-corrected chi connectivity index (χ4v) is 2.94. The van der Waals surface area contributed by atoms with Crippen LogP contribution in [0.4, 0.5) is 13.2 Å². The van der Waals surface area contributed by atoms with E-state index in [0.717, 1.165) is 10.4 Å². The summed E-state index contributed by atoms with van der Waals surface area (Å²) in [6.45, 7) is 1.84. The third-order valence-corrected chi connectivity index (χ3v) is 4.79. The lowest BCUT2D eigenvalue weighted by Gasteiger charge is -2.09. The molecule has 1 aromatic rings. The maximum absolute atomic E-state index is 12.0. The number of halogens is 5. The van der Waals surface area contributed by atoms with Crippen molar-refractivity contribution in [3.8, 4) is 0 Å². The molecule has 0 amide bonds. The number of thiophene rings is 1. The van der Waals surface area contributed by atoms with Crippen molar-refractivity contribution < 1.29 is 13.2 Å². The Hall–Kier alpha value is 0.260. The van der Waals surface area contributed by atoms with Gasteiger partial charge in [-0.3, -0.25) is 0 Å². The highest BCUT2D eigenvalue weighted by molar-refractivity contribution is 9.09. The van der Waals surface area contributed by atoms with Crippen LogP contribution in [0, 0.1) is 6.92 Å². The molecule has 0 fully saturated rings. The summed E-state index contributed by atoms with van der Waals surface area (Å²) in [5, 5.41) is 0. The van der Waals surface area contributed by atoms with Crippen LogP contribution in [0.2, 0.25) is 4.34 Å². The molecular formula is C9H9BrClF3S. The van der Waals surface area contributed by atoms with Crippen molar-refractivity contribution in [2.75, 3.05) is 0 Å². The molecule has 0 aromatic carbocycles. The van der Waals surface area contributed by atoms with E-state index < -0.39 is 12.6 Å². The highest BCUT2D eigenvalue weighted by Crippen LogP contribution is 2.39. The summed E-state index contributed by atoms with van der Waals surface area (Å²) in [5.74, 6) is 0. The molecule has 86 valence electrons. The molecule has 1 aromatic heterocycles. The highest BCUT2D eigenvalue weighted by Gasteiger charge is 2.28. The lowest BCUT2D eigenvalue weighted by Crippen LogP contribution is -2.07. The number of alkyl halides is 4. The highest BCUT2D eigenvalue weighted by atomic mass is 79.9. The fourth-order valence-electron chi connectivity index (χ4n) is 1.07. The third kappa shape index (κ3) is 4.33. The Morgan fingerprint density at radius 3 is 2.53 bits per heavy atom. The SMILES string of the molecule is Cc1cc(C(Br)CCC(F)(F)F)sc1Cl. The number of rotatable bonds is 3. The Kier molecular flexibility index (Phi) is 4.50. The van der Waals surface area contributed by atoms with Crippen LogP contribution in [0.25, 0.3) is 0 Å². The molecular weight excluding hydrogens is 313 g/mol. The Morgan fingerprint density at radius 1 is 1.53 bits per heavy atom. The molecule has 0 saturated carbocycles. The van der Waals surface area contributed by atoms with E-state index in [1.807, 2.05) is 13.0 Å². The smallest absolute Gasteiger partial charge is 0.171 e. The third-order valence-electron chi connectivity index (χ3n) is 1.87. The zero-order valence-electron chi connectivity index (χ0n) is 7.87. The first-order valence-electron chi connectivity index (χ1n) is 4.26. The predicted molar refractivity (Wildman–Crippen MR) is 61.0 cm³/mol. The van der Waals surface area contributed by atoms with Gasteiger partial charge < -0.3 is 0 Å². The van der Waals surface area contributed by atoms with Gasteiger partial charge in [0.15, 0.2) is 0 Å². The van der Waals surface area contributed by atoms with E-state index in [1.54, 1.807) is 0 Å². The molecule has 1 heterocycles. The first-order valence-corrected chi connectivity index (χ1v) is 6.37. The number of hydrogen-bond donors (Lipinski definition) is 0. The first kappa shape index (κ1) is 13.3. The van der Waals surface area contributed by atoms with Gasteiger partial charge in [0.2, 0.25) is 0 Å². The summed E-state index contributed by atoms with van der Waals surface area (Å²) in [7, 11) is 0. The van der Waals surface area contributed by atoms with Crippen molar-refractivity contribution in [3.05, 3.63) is 20.8 Å². The van der Waals surface area contributed by atoms with E-state index in [9.17, 15) is 13.2 Å². The van der Waals surface area contributed by atoms with Gasteiger partial charge in [-0.05, 0) is 25.0 Å². The monoisotopic (exact) mass is 320 g/mol. The van der Waals surface area contributed by atoms with E-state index in [2.05, 4.69) is 15.9 Å². The van der Waals surface area contributed by atoms with Gasteiger partial charge in [0.25, 0.3) is 0 Å². The minimum absolute atomic E-state index is 0.0415. The van der Waals surface area contributed by atoms with Crippen molar-refractivity contribution in [1.82, 2.24) is 0 Å². The molecule has 0 radical (unpaired) electrons. The molecule has 15 heavy (non-hydrogen) atoms. The summed E-state index contributed by atoms with van der Waals surface area (Å²) >= 11 is 10.4. The predicted octanol–water partition coefficient (Wildman–Crippen LogP) is 5.49. The van der Waals surface area contributed by atoms with Crippen LogP contribution < -0.4 is 0 Å². The van der Waals surface area contributed by atoms with E-state index in [1.165, 1.54) is 11.3 Å². The lowest BCUT2D eigenvalue weighted by atomic mass is 10.2. The summed E-state index contributed by atoms with van der Waals surface area (Å²) in [6.07, 6.45) is -4.83. The molecule has 0 aliphatic carbocycles. The molecule has 0 nitrogen and oxygen atoms in total. The zero-order valence-corrected chi connectivity index (χ0v) is 11.0. The maximum Gasteiger partial charge on any atom is 0.389 e. The van der Waals surface area contributed by atoms with E-state index in [4.69, 9.17) is 11.6 Å².